The van der Waals surface area contributed by atoms with Crippen molar-refractivity contribution < 1.29 is 5.11 Å². The summed E-state index contributed by atoms with van der Waals surface area (Å²) in [5.41, 5.74) is 0. The van der Waals surface area contributed by atoms with Gasteiger partial charge in [-0.15, -0.1) is 0 Å². The third-order valence-corrected chi connectivity index (χ3v) is 3.00. The summed E-state index contributed by atoms with van der Waals surface area (Å²) < 4.78 is 0. The van der Waals surface area contributed by atoms with Gasteiger partial charge in [-0.1, -0.05) is 11.3 Å². The van der Waals surface area contributed by atoms with Gasteiger partial charge in [0.05, 0.1) is 11.5 Å². The monoisotopic (exact) mass is 215 g/mol. The molecule has 14 heavy (non-hydrogen) atoms. The minimum absolute atomic E-state index is 0.0825. The molecule has 0 saturated heterocycles. The third kappa shape index (κ3) is 3.25. The van der Waals surface area contributed by atoms with Crippen LogP contribution in [0, 0.1) is 0 Å². The number of hydrogen-bond acceptors (Lipinski definition) is 5. The minimum Gasteiger partial charge on any atom is -0.391 e. The first-order chi connectivity index (χ1) is 6.63. The Kier molecular flexibility index (Phi) is 4.31. The molecular formula is C9H17N3OS. The van der Waals surface area contributed by atoms with E-state index >= 15 is 0 Å². The lowest BCUT2D eigenvalue weighted by atomic mass is 10.5. The molecule has 1 aromatic heterocycles. The van der Waals surface area contributed by atoms with E-state index in [2.05, 4.69) is 28.9 Å². The van der Waals surface area contributed by atoms with Crippen molar-refractivity contribution in [3.63, 3.8) is 0 Å². The Balaban J connectivity index is 2.47. The molecule has 4 nitrogen and oxygen atoms in total. The summed E-state index contributed by atoms with van der Waals surface area (Å²) in [6.07, 6.45) is 1.73. The van der Waals surface area contributed by atoms with E-state index in [1.807, 2.05) is 7.05 Å². The van der Waals surface area contributed by atoms with Gasteiger partial charge in [-0.2, -0.15) is 0 Å². The van der Waals surface area contributed by atoms with Crippen LogP contribution in [0.3, 0.4) is 0 Å². The first-order valence-corrected chi connectivity index (χ1v) is 5.36. The number of aliphatic hydroxyl groups is 1. The third-order valence-electron chi connectivity index (χ3n) is 1.91. The molecule has 5 heteroatoms. The Bertz CT molecular complexity index is 275. The van der Waals surface area contributed by atoms with E-state index in [0.717, 1.165) is 23.1 Å². The first kappa shape index (κ1) is 11.4. The normalized spacial score (nSPS) is 10.9. The second-order valence-corrected chi connectivity index (χ2v) is 4.59. The number of likely N-dealkylation sites (N-methyl/N-ethyl adjacent to an activating group) is 2. The smallest absolute Gasteiger partial charge is 0.185 e. The number of anilines is 1. The highest BCUT2D eigenvalue weighted by Crippen LogP contribution is 2.20. The van der Waals surface area contributed by atoms with Crippen LogP contribution in [0.15, 0.2) is 6.20 Å². The molecule has 1 aromatic rings. The van der Waals surface area contributed by atoms with Crippen molar-refractivity contribution in [1.82, 2.24) is 9.88 Å². The molecule has 80 valence electrons. The van der Waals surface area contributed by atoms with E-state index in [0.29, 0.717) is 0 Å². The Morgan fingerprint density at radius 1 is 1.36 bits per heavy atom. The average molecular weight is 215 g/mol. The zero-order chi connectivity index (χ0) is 10.6. The molecule has 0 unspecified atom stereocenters. The van der Waals surface area contributed by atoms with Crippen LogP contribution in [0.25, 0.3) is 0 Å². The van der Waals surface area contributed by atoms with Crippen molar-refractivity contribution in [2.45, 2.75) is 6.61 Å². The fraction of sp³-hybridized carbons (Fsp3) is 0.667. The second kappa shape index (κ2) is 5.29. The summed E-state index contributed by atoms with van der Waals surface area (Å²) in [4.78, 5) is 9.38. The number of aliphatic hydroxyl groups excluding tert-OH is 1. The topological polar surface area (TPSA) is 39.6 Å². The summed E-state index contributed by atoms with van der Waals surface area (Å²) in [7, 11) is 6.12. The molecule has 0 fully saturated rings. The standard InChI is InChI=1S/C9H17N3OS/c1-11(2)4-5-12(3)9-10-6-8(7-13)14-9/h6,13H,4-5,7H2,1-3H3. The highest BCUT2D eigenvalue weighted by Gasteiger charge is 2.06. The Morgan fingerprint density at radius 3 is 2.57 bits per heavy atom. The molecule has 0 aliphatic heterocycles. The largest absolute Gasteiger partial charge is 0.391 e. The Hall–Kier alpha value is -0.650. The Labute approximate surface area is 88.8 Å². The van der Waals surface area contributed by atoms with Crippen LogP contribution in [0.1, 0.15) is 4.88 Å². The average Bonchev–Trinajstić information content (AvgIpc) is 2.62. The molecule has 1 N–H and O–H groups in total. The van der Waals surface area contributed by atoms with Gasteiger partial charge in [0.15, 0.2) is 5.13 Å². The van der Waals surface area contributed by atoms with E-state index in [4.69, 9.17) is 5.11 Å². The van der Waals surface area contributed by atoms with Gasteiger partial charge < -0.3 is 14.9 Å². The summed E-state index contributed by atoms with van der Waals surface area (Å²) in [5.74, 6) is 0. The second-order valence-electron chi connectivity index (χ2n) is 3.49. The molecule has 0 aliphatic carbocycles. The zero-order valence-corrected chi connectivity index (χ0v) is 9.71. The lowest BCUT2D eigenvalue weighted by molar-refractivity contribution is 0.285. The maximum absolute atomic E-state index is 8.89. The highest BCUT2D eigenvalue weighted by atomic mass is 32.1. The zero-order valence-electron chi connectivity index (χ0n) is 8.90. The van der Waals surface area contributed by atoms with E-state index in [9.17, 15) is 0 Å². The van der Waals surface area contributed by atoms with Gasteiger partial charge in [0.25, 0.3) is 0 Å². The van der Waals surface area contributed by atoms with Crippen molar-refractivity contribution in [2.75, 3.05) is 39.1 Å². The van der Waals surface area contributed by atoms with Gasteiger partial charge in [-0.3, -0.25) is 0 Å². The summed E-state index contributed by atoms with van der Waals surface area (Å²) in [6.45, 7) is 2.04. The lowest BCUT2D eigenvalue weighted by Crippen LogP contribution is -2.28. The quantitative estimate of drug-likeness (QED) is 0.782. The molecule has 0 saturated carbocycles. The Morgan fingerprint density at radius 2 is 2.07 bits per heavy atom. The molecule has 0 aromatic carbocycles. The van der Waals surface area contributed by atoms with Crippen LogP contribution < -0.4 is 4.90 Å². The van der Waals surface area contributed by atoms with E-state index in [1.165, 1.54) is 11.3 Å². The minimum atomic E-state index is 0.0825. The van der Waals surface area contributed by atoms with Crippen molar-refractivity contribution >= 4 is 16.5 Å². The molecule has 1 rings (SSSR count). The van der Waals surface area contributed by atoms with Gasteiger partial charge >= 0.3 is 0 Å². The summed E-state index contributed by atoms with van der Waals surface area (Å²) >= 11 is 1.54. The fourth-order valence-corrected chi connectivity index (χ4v) is 1.75. The van der Waals surface area contributed by atoms with Crippen LogP contribution in [0.4, 0.5) is 5.13 Å². The van der Waals surface area contributed by atoms with Crippen LogP contribution in [0.5, 0.6) is 0 Å². The number of aromatic nitrogens is 1. The molecular weight excluding hydrogens is 198 g/mol. The van der Waals surface area contributed by atoms with Crippen LogP contribution in [0.2, 0.25) is 0 Å². The van der Waals surface area contributed by atoms with Crippen LogP contribution >= 0.6 is 11.3 Å². The number of thiazole rings is 1. The molecule has 0 amide bonds. The van der Waals surface area contributed by atoms with Crippen molar-refractivity contribution in [2.24, 2.45) is 0 Å². The fourth-order valence-electron chi connectivity index (χ4n) is 0.992. The number of nitrogens with zero attached hydrogens (tertiary/aromatic N) is 3. The van der Waals surface area contributed by atoms with Gasteiger partial charge in [0.2, 0.25) is 0 Å². The van der Waals surface area contributed by atoms with Crippen LogP contribution in [-0.4, -0.2) is 49.2 Å². The van der Waals surface area contributed by atoms with Gasteiger partial charge in [0.1, 0.15) is 0 Å². The van der Waals surface area contributed by atoms with Gasteiger partial charge in [0, 0.05) is 26.3 Å². The summed E-state index contributed by atoms with van der Waals surface area (Å²) in [5, 5.41) is 9.86. The number of rotatable bonds is 5. The van der Waals surface area contributed by atoms with Crippen molar-refractivity contribution in [3.8, 4) is 0 Å². The van der Waals surface area contributed by atoms with Crippen molar-refractivity contribution in [1.29, 1.82) is 0 Å². The number of hydrogen-bond donors (Lipinski definition) is 1. The molecule has 0 radical (unpaired) electrons. The van der Waals surface area contributed by atoms with E-state index < -0.39 is 0 Å². The SMILES string of the molecule is CN(C)CCN(C)c1ncc(CO)s1. The van der Waals surface area contributed by atoms with Gasteiger partial charge in [-0.25, -0.2) is 4.98 Å². The van der Waals surface area contributed by atoms with Crippen LogP contribution in [-0.2, 0) is 6.61 Å². The predicted molar refractivity (Wildman–Crippen MR) is 59.9 cm³/mol. The highest BCUT2D eigenvalue weighted by molar-refractivity contribution is 7.15. The molecule has 0 atom stereocenters. The van der Waals surface area contributed by atoms with Gasteiger partial charge in [-0.05, 0) is 14.1 Å². The van der Waals surface area contributed by atoms with E-state index in [1.54, 1.807) is 6.20 Å². The predicted octanol–water partition coefficient (Wildman–Crippen LogP) is 0.633. The molecule has 1 heterocycles. The molecule has 0 aliphatic rings. The summed E-state index contributed by atoms with van der Waals surface area (Å²) in [6, 6.07) is 0. The van der Waals surface area contributed by atoms with E-state index in [-0.39, 0.29) is 6.61 Å². The van der Waals surface area contributed by atoms with Crippen molar-refractivity contribution in [3.05, 3.63) is 11.1 Å². The maximum Gasteiger partial charge on any atom is 0.185 e. The maximum atomic E-state index is 8.89. The lowest BCUT2D eigenvalue weighted by Gasteiger charge is -2.18. The molecule has 0 spiro atoms. The molecule has 0 bridgehead atoms. The first-order valence-electron chi connectivity index (χ1n) is 4.55.